The summed E-state index contributed by atoms with van der Waals surface area (Å²) in [7, 11) is 3.66. The highest BCUT2D eigenvalue weighted by atomic mass is 79.9. The van der Waals surface area contributed by atoms with E-state index in [1.807, 2.05) is 6.07 Å². The third kappa shape index (κ3) is 4.08. The molecule has 2 fully saturated rings. The zero-order chi connectivity index (χ0) is 23.2. The molecule has 2 aliphatic rings. The zero-order valence-corrected chi connectivity index (χ0v) is 19.9. The lowest BCUT2D eigenvalue weighted by molar-refractivity contribution is 0.182. The molecule has 3 heterocycles. The molecular weight excluding hydrogens is 491 g/mol. The summed E-state index contributed by atoms with van der Waals surface area (Å²) in [4.78, 5) is 25.7. The first-order valence-corrected chi connectivity index (χ1v) is 11.5. The van der Waals surface area contributed by atoms with Crippen LogP contribution in [0, 0.1) is 5.82 Å². The van der Waals surface area contributed by atoms with Gasteiger partial charge in [0, 0.05) is 29.0 Å². The Kier molecular flexibility index (Phi) is 5.57. The van der Waals surface area contributed by atoms with Crippen molar-refractivity contribution in [2.24, 2.45) is 0 Å². The van der Waals surface area contributed by atoms with E-state index in [1.165, 1.54) is 12.4 Å². The first-order chi connectivity index (χ1) is 15.9. The van der Waals surface area contributed by atoms with Crippen molar-refractivity contribution in [2.45, 2.75) is 18.4 Å². The van der Waals surface area contributed by atoms with Gasteiger partial charge in [0.15, 0.2) is 0 Å². The van der Waals surface area contributed by atoms with E-state index >= 15 is 0 Å². The molecule has 0 atom stereocenters. The molecule has 8 nitrogen and oxygen atoms in total. The number of urea groups is 1. The van der Waals surface area contributed by atoms with E-state index in [-0.39, 0.29) is 11.6 Å². The number of nitrogens with one attached hydrogen (secondary N) is 2. The second-order valence-electron chi connectivity index (χ2n) is 8.61. The number of anilines is 3. The van der Waals surface area contributed by atoms with Gasteiger partial charge in [-0.25, -0.2) is 19.2 Å². The molecule has 2 N–H and O–H groups in total. The molecule has 2 amide bonds. The molecule has 0 unspecified atom stereocenters. The molecule has 5 rings (SSSR count). The second kappa shape index (κ2) is 8.42. The Morgan fingerprint density at radius 3 is 2.73 bits per heavy atom. The third-order valence-electron chi connectivity index (χ3n) is 6.43. The lowest BCUT2D eigenvalue weighted by atomic mass is 9.88. The van der Waals surface area contributed by atoms with Crippen LogP contribution in [-0.2, 0) is 0 Å². The van der Waals surface area contributed by atoms with Crippen molar-refractivity contribution < 1.29 is 13.9 Å². The fourth-order valence-electron chi connectivity index (χ4n) is 4.50. The molecule has 0 aliphatic carbocycles. The Morgan fingerprint density at radius 1 is 1.21 bits per heavy atom. The van der Waals surface area contributed by atoms with Crippen LogP contribution in [0.1, 0.15) is 12.8 Å². The fraction of sp³-hybridized carbons (Fsp3) is 0.348. The minimum atomic E-state index is -0.409. The number of methoxy groups -OCH3 is 1. The first-order valence-electron chi connectivity index (χ1n) is 10.7. The average molecular weight is 515 g/mol. The van der Waals surface area contributed by atoms with Gasteiger partial charge >= 0.3 is 6.03 Å². The third-order valence-corrected chi connectivity index (χ3v) is 6.93. The number of likely N-dealkylation sites (tertiary alicyclic amines) is 1. The molecule has 0 radical (unpaired) electrons. The van der Waals surface area contributed by atoms with Gasteiger partial charge in [-0.3, -0.25) is 4.90 Å². The van der Waals surface area contributed by atoms with Crippen LogP contribution >= 0.6 is 15.9 Å². The molecule has 2 aliphatic heterocycles. The van der Waals surface area contributed by atoms with Crippen molar-refractivity contribution in [1.82, 2.24) is 20.2 Å². The number of carbonyl (C=O) groups is 1. The van der Waals surface area contributed by atoms with Crippen LogP contribution in [0.4, 0.5) is 26.4 Å². The topological polar surface area (TPSA) is 82.6 Å². The maximum absolute atomic E-state index is 14.4. The number of nitrogens with zero attached hydrogens (tertiary/aromatic N) is 4. The first kappa shape index (κ1) is 21.8. The van der Waals surface area contributed by atoms with Crippen molar-refractivity contribution in [1.29, 1.82) is 0 Å². The van der Waals surface area contributed by atoms with E-state index in [1.54, 1.807) is 30.2 Å². The summed E-state index contributed by atoms with van der Waals surface area (Å²) in [6.07, 6.45) is 3.19. The molecular formula is C23H24BrFN6O2. The van der Waals surface area contributed by atoms with Crippen molar-refractivity contribution in [2.75, 3.05) is 44.0 Å². The molecule has 2 aromatic carbocycles. The van der Waals surface area contributed by atoms with Crippen LogP contribution in [0.3, 0.4) is 0 Å². The Labute approximate surface area is 199 Å². The molecule has 10 heteroatoms. The highest BCUT2D eigenvalue weighted by Gasteiger charge is 2.45. The summed E-state index contributed by atoms with van der Waals surface area (Å²) in [5.41, 5.74) is 1.30. The Balaban J connectivity index is 1.54. The molecule has 172 valence electrons. The minimum absolute atomic E-state index is 0.150. The van der Waals surface area contributed by atoms with Gasteiger partial charge in [0.05, 0.1) is 36.1 Å². The van der Waals surface area contributed by atoms with Crippen LogP contribution in [0.25, 0.3) is 10.9 Å². The number of rotatable bonds is 4. The van der Waals surface area contributed by atoms with E-state index < -0.39 is 5.82 Å². The Bertz CT molecular complexity index is 1230. The molecule has 33 heavy (non-hydrogen) atoms. The molecule has 1 spiro atoms. The van der Waals surface area contributed by atoms with Crippen LogP contribution in [0.5, 0.6) is 5.75 Å². The maximum atomic E-state index is 14.4. The number of hydrogen-bond acceptors (Lipinski definition) is 6. The van der Waals surface area contributed by atoms with E-state index in [0.717, 1.165) is 25.9 Å². The van der Waals surface area contributed by atoms with Gasteiger partial charge in [-0.1, -0.05) is 15.9 Å². The van der Waals surface area contributed by atoms with E-state index in [9.17, 15) is 9.18 Å². The fourth-order valence-corrected chi connectivity index (χ4v) is 4.83. The number of hydrogen-bond donors (Lipinski definition) is 2. The van der Waals surface area contributed by atoms with Crippen LogP contribution in [0.2, 0.25) is 0 Å². The number of amides is 2. The SMILES string of the molecule is COc1cc2ncnc(Nc3ccc(Br)cc3F)c2cc1N1CC2(CCN(C)CC2)NC1=O. The Morgan fingerprint density at radius 2 is 2.00 bits per heavy atom. The van der Waals surface area contributed by atoms with Crippen molar-refractivity contribution in [3.05, 3.63) is 46.9 Å². The van der Waals surface area contributed by atoms with Crippen LogP contribution < -0.4 is 20.3 Å². The van der Waals surface area contributed by atoms with Crippen molar-refractivity contribution >= 4 is 50.1 Å². The zero-order valence-electron chi connectivity index (χ0n) is 18.4. The van der Waals surface area contributed by atoms with Crippen LogP contribution in [-0.4, -0.2) is 60.2 Å². The van der Waals surface area contributed by atoms with Gasteiger partial charge in [0.1, 0.15) is 23.7 Å². The van der Waals surface area contributed by atoms with Gasteiger partial charge in [0.25, 0.3) is 0 Å². The quantitative estimate of drug-likeness (QED) is 0.540. The summed E-state index contributed by atoms with van der Waals surface area (Å²) >= 11 is 3.27. The predicted octanol–water partition coefficient (Wildman–Crippen LogP) is 4.28. The van der Waals surface area contributed by atoms with E-state index in [4.69, 9.17) is 4.74 Å². The minimum Gasteiger partial charge on any atom is -0.494 e. The molecule has 0 saturated carbocycles. The number of halogens is 2. The number of benzene rings is 2. The Hall–Kier alpha value is -2.98. The summed E-state index contributed by atoms with van der Waals surface area (Å²) < 4.78 is 20.7. The maximum Gasteiger partial charge on any atom is 0.322 e. The second-order valence-corrected chi connectivity index (χ2v) is 9.53. The summed E-state index contributed by atoms with van der Waals surface area (Å²) in [5.74, 6) is 0.578. The molecule has 1 aromatic heterocycles. The number of piperidine rings is 1. The summed E-state index contributed by atoms with van der Waals surface area (Å²) in [6.45, 7) is 2.42. The van der Waals surface area contributed by atoms with Crippen molar-refractivity contribution in [3.8, 4) is 5.75 Å². The normalized spacial score (nSPS) is 18.1. The standard InChI is InChI=1S/C23H24BrFN6O2/c1-30-7-5-23(6-8-30)12-31(22(32)29-23)19-10-15-18(11-20(19)33-2)26-13-27-21(15)28-17-4-3-14(24)9-16(17)25/h3-4,9-11,13H,5-8,12H2,1-2H3,(H,29,32)(H,26,27,28). The molecule has 3 aromatic rings. The van der Waals surface area contributed by atoms with Crippen molar-refractivity contribution in [3.63, 3.8) is 0 Å². The van der Waals surface area contributed by atoms with Gasteiger partial charge in [-0.2, -0.15) is 0 Å². The highest BCUT2D eigenvalue weighted by molar-refractivity contribution is 9.10. The predicted molar refractivity (Wildman–Crippen MR) is 129 cm³/mol. The van der Waals surface area contributed by atoms with E-state index in [2.05, 4.69) is 48.5 Å². The number of aromatic nitrogens is 2. The molecule has 2 saturated heterocycles. The van der Waals surface area contributed by atoms with E-state index in [0.29, 0.717) is 44.9 Å². The lowest BCUT2D eigenvalue weighted by Gasteiger charge is -2.37. The summed E-state index contributed by atoms with van der Waals surface area (Å²) in [6, 6.07) is 8.23. The van der Waals surface area contributed by atoms with Gasteiger partial charge in [0.2, 0.25) is 0 Å². The number of fused-ring (bicyclic) bond motifs is 1. The van der Waals surface area contributed by atoms with Gasteiger partial charge in [-0.15, -0.1) is 0 Å². The molecule has 0 bridgehead atoms. The van der Waals surface area contributed by atoms with Gasteiger partial charge in [-0.05, 0) is 44.2 Å². The largest absolute Gasteiger partial charge is 0.494 e. The van der Waals surface area contributed by atoms with Crippen LogP contribution in [0.15, 0.2) is 41.1 Å². The summed E-state index contributed by atoms with van der Waals surface area (Å²) in [5, 5.41) is 6.93. The number of ether oxygens (including phenoxy) is 1. The smallest absolute Gasteiger partial charge is 0.322 e. The van der Waals surface area contributed by atoms with Gasteiger partial charge < -0.3 is 20.3 Å². The lowest BCUT2D eigenvalue weighted by Crippen LogP contribution is -2.51. The average Bonchev–Trinajstić information content (AvgIpc) is 3.12. The monoisotopic (exact) mass is 514 g/mol. The highest BCUT2D eigenvalue weighted by Crippen LogP contribution is 2.39. The number of carbonyl (C=O) groups excluding carboxylic acids is 1.